The summed E-state index contributed by atoms with van der Waals surface area (Å²) in [6, 6.07) is 29.3. The summed E-state index contributed by atoms with van der Waals surface area (Å²) in [5.41, 5.74) is 5.99. The first-order valence-electron chi connectivity index (χ1n) is 8.56. The van der Waals surface area contributed by atoms with Crippen LogP contribution in [0.4, 0.5) is 0 Å². The molecule has 25 heavy (non-hydrogen) atoms. The van der Waals surface area contributed by atoms with Gasteiger partial charge in [0, 0.05) is 17.1 Å². The quantitative estimate of drug-likeness (QED) is 0.530. The lowest BCUT2D eigenvalue weighted by molar-refractivity contribution is 0.260. The molecule has 1 aliphatic heterocycles. The van der Waals surface area contributed by atoms with Gasteiger partial charge in [-0.3, -0.25) is 0 Å². The van der Waals surface area contributed by atoms with Crippen molar-refractivity contribution in [1.29, 1.82) is 0 Å². The zero-order valence-corrected chi connectivity index (χ0v) is 14.1. The summed E-state index contributed by atoms with van der Waals surface area (Å²) in [6.45, 7) is 4.72. The van der Waals surface area contributed by atoms with Gasteiger partial charge in [-0.15, -0.1) is 6.58 Å². The molecule has 1 heterocycles. The van der Waals surface area contributed by atoms with Crippen molar-refractivity contribution in [2.24, 2.45) is 0 Å². The molecule has 3 aromatic rings. The monoisotopic (exact) mass is 324 g/mol. The third-order valence-electron chi connectivity index (χ3n) is 4.67. The number of benzene rings is 3. The minimum absolute atomic E-state index is 0.0813. The van der Waals surface area contributed by atoms with Gasteiger partial charge >= 0.3 is 0 Å². The highest BCUT2D eigenvalue weighted by Crippen LogP contribution is 2.43. The minimum Gasteiger partial charge on any atom is -0.488 e. The molecule has 1 unspecified atom stereocenters. The molecule has 0 saturated heterocycles. The first-order chi connectivity index (χ1) is 12.4. The number of hydrogen-bond acceptors (Lipinski definition) is 1. The average molecular weight is 324 g/mol. The van der Waals surface area contributed by atoms with Gasteiger partial charge in [-0.25, -0.2) is 0 Å². The fraction of sp³-hybridized carbons (Fsp3) is 0.0833. The topological polar surface area (TPSA) is 9.23 Å². The summed E-state index contributed by atoms with van der Waals surface area (Å²) in [4.78, 5) is 0. The molecule has 0 fully saturated rings. The van der Waals surface area contributed by atoms with Gasteiger partial charge in [0.05, 0.1) is 0 Å². The standard InChI is InChI=1S/C24H20O/c1-2-21(18-11-5-3-6-12-18)23-22-16-10-9-15-20(22)17-25-24(23)19-13-7-4-8-14-19/h2-16,21H,1,17H2. The summed E-state index contributed by atoms with van der Waals surface area (Å²) in [6.07, 6.45) is 2.01. The van der Waals surface area contributed by atoms with E-state index in [0.717, 1.165) is 11.3 Å². The summed E-state index contributed by atoms with van der Waals surface area (Å²) >= 11 is 0. The van der Waals surface area contributed by atoms with E-state index in [1.807, 2.05) is 18.2 Å². The van der Waals surface area contributed by atoms with Gasteiger partial charge in [0.15, 0.2) is 0 Å². The maximum Gasteiger partial charge on any atom is 0.131 e. The Hall–Kier alpha value is -3.06. The molecular weight excluding hydrogens is 304 g/mol. The van der Waals surface area contributed by atoms with E-state index in [4.69, 9.17) is 4.74 Å². The van der Waals surface area contributed by atoms with Crippen molar-refractivity contribution in [3.8, 4) is 0 Å². The van der Waals surface area contributed by atoms with Crippen molar-refractivity contribution >= 4 is 11.3 Å². The van der Waals surface area contributed by atoms with E-state index in [-0.39, 0.29) is 5.92 Å². The molecule has 0 aliphatic carbocycles. The Morgan fingerprint density at radius 2 is 1.44 bits per heavy atom. The molecule has 0 radical (unpaired) electrons. The smallest absolute Gasteiger partial charge is 0.131 e. The highest BCUT2D eigenvalue weighted by molar-refractivity contribution is 5.93. The molecular formula is C24H20O. The molecule has 1 atom stereocenters. The Morgan fingerprint density at radius 1 is 0.800 bits per heavy atom. The molecule has 0 N–H and O–H groups in total. The Kier molecular flexibility index (Phi) is 4.22. The molecule has 1 aliphatic rings. The van der Waals surface area contributed by atoms with Gasteiger partial charge in [-0.05, 0) is 16.7 Å². The van der Waals surface area contributed by atoms with Crippen LogP contribution >= 0.6 is 0 Å². The fourth-order valence-corrected chi connectivity index (χ4v) is 3.48. The first kappa shape index (κ1) is 15.5. The Bertz CT molecular complexity index is 907. The normalized spacial score (nSPS) is 14.4. The fourth-order valence-electron chi connectivity index (χ4n) is 3.48. The Labute approximate surface area is 148 Å². The largest absolute Gasteiger partial charge is 0.488 e. The van der Waals surface area contributed by atoms with E-state index in [1.54, 1.807) is 0 Å². The number of hydrogen-bond donors (Lipinski definition) is 0. The second kappa shape index (κ2) is 6.82. The Balaban J connectivity index is 1.97. The number of fused-ring (bicyclic) bond motifs is 1. The predicted molar refractivity (Wildman–Crippen MR) is 104 cm³/mol. The third-order valence-corrected chi connectivity index (χ3v) is 4.67. The molecule has 1 nitrogen and oxygen atoms in total. The van der Waals surface area contributed by atoms with Crippen LogP contribution in [0, 0.1) is 0 Å². The zero-order chi connectivity index (χ0) is 17.1. The molecule has 3 aromatic carbocycles. The van der Waals surface area contributed by atoms with Crippen molar-refractivity contribution in [3.05, 3.63) is 120 Å². The third kappa shape index (κ3) is 2.89. The van der Waals surface area contributed by atoms with Crippen molar-refractivity contribution in [3.63, 3.8) is 0 Å². The second-order valence-electron chi connectivity index (χ2n) is 6.18. The van der Waals surface area contributed by atoms with Crippen LogP contribution in [-0.2, 0) is 11.3 Å². The van der Waals surface area contributed by atoms with Gasteiger partial charge in [-0.1, -0.05) is 91.0 Å². The number of allylic oxidation sites excluding steroid dienone is 2. The molecule has 4 rings (SSSR count). The summed E-state index contributed by atoms with van der Waals surface area (Å²) < 4.78 is 6.24. The van der Waals surface area contributed by atoms with Crippen LogP contribution in [0.3, 0.4) is 0 Å². The van der Waals surface area contributed by atoms with E-state index in [0.29, 0.717) is 6.61 Å². The van der Waals surface area contributed by atoms with Crippen molar-refractivity contribution in [1.82, 2.24) is 0 Å². The lowest BCUT2D eigenvalue weighted by atomic mass is 9.82. The van der Waals surface area contributed by atoms with E-state index in [1.165, 1.54) is 22.3 Å². The van der Waals surface area contributed by atoms with E-state index in [2.05, 4.69) is 79.4 Å². The first-order valence-corrected chi connectivity index (χ1v) is 8.56. The predicted octanol–water partition coefficient (Wildman–Crippen LogP) is 6.05. The van der Waals surface area contributed by atoms with Crippen LogP contribution < -0.4 is 0 Å². The summed E-state index contributed by atoms with van der Waals surface area (Å²) in [7, 11) is 0. The van der Waals surface area contributed by atoms with Gasteiger partial charge in [-0.2, -0.15) is 0 Å². The molecule has 1 heteroatoms. The highest BCUT2D eigenvalue weighted by atomic mass is 16.5. The lowest BCUT2D eigenvalue weighted by Crippen LogP contribution is -2.12. The molecule has 0 spiro atoms. The van der Waals surface area contributed by atoms with Crippen LogP contribution in [0.1, 0.15) is 28.2 Å². The molecule has 0 amide bonds. The maximum absolute atomic E-state index is 6.24. The number of ether oxygens (including phenoxy) is 1. The number of rotatable bonds is 4. The van der Waals surface area contributed by atoms with E-state index in [9.17, 15) is 0 Å². The van der Waals surface area contributed by atoms with Crippen molar-refractivity contribution in [2.75, 3.05) is 0 Å². The average Bonchev–Trinajstić information content (AvgIpc) is 2.70. The summed E-state index contributed by atoms with van der Waals surface area (Å²) in [5.74, 6) is 1.03. The zero-order valence-electron chi connectivity index (χ0n) is 14.1. The Morgan fingerprint density at radius 3 is 2.16 bits per heavy atom. The van der Waals surface area contributed by atoms with Crippen LogP contribution in [0.5, 0.6) is 0 Å². The van der Waals surface area contributed by atoms with Crippen LogP contribution in [0.15, 0.2) is 97.6 Å². The van der Waals surface area contributed by atoms with Crippen LogP contribution in [-0.4, -0.2) is 0 Å². The van der Waals surface area contributed by atoms with Gasteiger partial charge in [0.1, 0.15) is 12.4 Å². The molecule has 0 aromatic heterocycles. The van der Waals surface area contributed by atoms with Crippen LogP contribution in [0.2, 0.25) is 0 Å². The summed E-state index contributed by atoms with van der Waals surface area (Å²) in [5, 5.41) is 0. The molecule has 0 saturated carbocycles. The second-order valence-corrected chi connectivity index (χ2v) is 6.18. The van der Waals surface area contributed by atoms with Crippen molar-refractivity contribution in [2.45, 2.75) is 12.5 Å². The van der Waals surface area contributed by atoms with Crippen LogP contribution in [0.25, 0.3) is 11.3 Å². The van der Waals surface area contributed by atoms with E-state index < -0.39 is 0 Å². The van der Waals surface area contributed by atoms with Gasteiger partial charge < -0.3 is 4.74 Å². The SMILES string of the molecule is C=CC(C1=C(c2ccccc2)OCc2ccccc21)c1ccccc1. The van der Waals surface area contributed by atoms with Crippen molar-refractivity contribution < 1.29 is 4.74 Å². The van der Waals surface area contributed by atoms with Gasteiger partial charge in [0.25, 0.3) is 0 Å². The lowest BCUT2D eigenvalue weighted by Gasteiger charge is -2.28. The highest BCUT2D eigenvalue weighted by Gasteiger charge is 2.27. The maximum atomic E-state index is 6.24. The van der Waals surface area contributed by atoms with E-state index >= 15 is 0 Å². The molecule has 122 valence electrons. The minimum atomic E-state index is 0.0813. The molecule has 0 bridgehead atoms. The van der Waals surface area contributed by atoms with Gasteiger partial charge in [0.2, 0.25) is 0 Å².